The van der Waals surface area contributed by atoms with Crippen LogP contribution in [0.3, 0.4) is 0 Å². The Morgan fingerprint density at radius 2 is 2.13 bits per heavy atom. The lowest BCUT2D eigenvalue weighted by Gasteiger charge is -2.16. The van der Waals surface area contributed by atoms with Crippen LogP contribution in [0.1, 0.15) is 50.7 Å². The number of hydrogen-bond donors (Lipinski definition) is 0. The summed E-state index contributed by atoms with van der Waals surface area (Å²) in [7, 11) is 0. The summed E-state index contributed by atoms with van der Waals surface area (Å²) in [5, 5.41) is 1.44. The monoisotopic (exact) mass is 460 g/mol. The van der Waals surface area contributed by atoms with Crippen LogP contribution in [0.2, 0.25) is 0 Å². The van der Waals surface area contributed by atoms with E-state index in [2.05, 4.69) is 0 Å². The molecule has 0 aromatic carbocycles. The molecule has 5 rings (SSSR count). The largest absolute Gasteiger partial charge is 0.376 e. The van der Waals surface area contributed by atoms with Crippen molar-refractivity contribution >= 4 is 50.4 Å². The van der Waals surface area contributed by atoms with E-state index in [1.807, 2.05) is 19.1 Å². The molecule has 1 saturated heterocycles. The molecule has 0 N–H and O–H groups in total. The Bertz CT molecular complexity index is 1150. The maximum absolute atomic E-state index is 13.6. The Hall–Kier alpha value is -1.48. The number of ether oxygens (including phenoxy) is 1. The van der Waals surface area contributed by atoms with Crippen LogP contribution in [-0.2, 0) is 24.1 Å². The highest BCUT2D eigenvalue weighted by Gasteiger charge is 2.25. The molecule has 30 heavy (non-hydrogen) atoms. The van der Waals surface area contributed by atoms with Gasteiger partial charge >= 0.3 is 0 Å². The van der Waals surface area contributed by atoms with Gasteiger partial charge in [0.25, 0.3) is 5.56 Å². The van der Waals surface area contributed by atoms with Gasteiger partial charge in [-0.05, 0) is 63.1 Å². The van der Waals surface area contributed by atoms with Crippen LogP contribution in [0.25, 0.3) is 10.2 Å². The third-order valence-corrected chi connectivity index (χ3v) is 9.00. The summed E-state index contributed by atoms with van der Waals surface area (Å²) < 4.78 is 7.59. The molecule has 3 aromatic rings. The number of Topliss-reactive ketones (excluding diaryl/α,β-unsaturated/α-hetero) is 1. The number of nitrogens with zero attached hydrogens (tertiary/aromatic N) is 2. The predicted octanol–water partition coefficient (Wildman–Crippen LogP) is 4.86. The van der Waals surface area contributed by atoms with Crippen molar-refractivity contribution in [2.45, 2.75) is 63.3 Å². The van der Waals surface area contributed by atoms with Crippen LogP contribution in [-0.4, -0.2) is 33.8 Å². The number of thioether (sulfide) groups is 1. The quantitative estimate of drug-likeness (QED) is 0.299. The van der Waals surface area contributed by atoms with Gasteiger partial charge in [-0.2, -0.15) is 0 Å². The van der Waals surface area contributed by atoms with Gasteiger partial charge in [-0.1, -0.05) is 11.8 Å². The molecule has 5 nitrogen and oxygen atoms in total. The van der Waals surface area contributed by atoms with Gasteiger partial charge in [-0.15, -0.1) is 22.7 Å². The lowest BCUT2D eigenvalue weighted by Crippen LogP contribution is -2.29. The van der Waals surface area contributed by atoms with Crippen molar-refractivity contribution in [3.63, 3.8) is 0 Å². The van der Waals surface area contributed by atoms with Crippen molar-refractivity contribution in [2.75, 3.05) is 12.4 Å². The van der Waals surface area contributed by atoms with Crippen LogP contribution in [0.4, 0.5) is 0 Å². The summed E-state index contributed by atoms with van der Waals surface area (Å²) in [6, 6.07) is 3.85. The fourth-order valence-electron chi connectivity index (χ4n) is 4.27. The molecule has 4 heterocycles. The average Bonchev–Trinajstić information content (AvgIpc) is 3.48. The molecule has 0 spiro atoms. The predicted molar refractivity (Wildman–Crippen MR) is 124 cm³/mol. The number of aromatic nitrogens is 2. The summed E-state index contributed by atoms with van der Waals surface area (Å²) >= 11 is 4.55. The van der Waals surface area contributed by atoms with Crippen LogP contribution in [0.5, 0.6) is 0 Å². The highest BCUT2D eigenvalue weighted by molar-refractivity contribution is 7.99. The molecule has 1 atom stereocenters. The number of fused-ring (bicyclic) bond motifs is 3. The number of carbonyl (C=O) groups excluding carboxylic acids is 1. The molecule has 0 bridgehead atoms. The Kier molecular flexibility index (Phi) is 5.84. The average molecular weight is 461 g/mol. The van der Waals surface area contributed by atoms with E-state index >= 15 is 0 Å². The summed E-state index contributed by atoms with van der Waals surface area (Å²) in [5.41, 5.74) is 1.25. The van der Waals surface area contributed by atoms with Crippen molar-refractivity contribution in [1.82, 2.24) is 9.55 Å². The number of ketones is 1. The fraction of sp³-hybridized carbons (Fsp3) is 0.500. The summed E-state index contributed by atoms with van der Waals surface area (Å²) in [4.78, 5) is 35.1. The lowest BCUT2D eigenvalue weighted by atomic mass is 9.97. The Morgan fingerprint density at radius 1 is 1.27 bits per heavy atom. The molecule has 1 fully saturated rings. The zero-order chi connectivity index (χ0) is 20.7. The maximum Gasteiger partial charge on any atom is 0.263 e. The van der Waals surface area contributed by atoms with E-state index in [0.717, 1.165) is 58.7 Å². The third kappa shape index (κ3) is 3.90. The third-order valence-electron chi connectivity index (χ3n) is 5.80. The zero-order valence-electron chi connectivity index (χ0n) is 16.9. The normalized spacial score (nSPS) is 18.8. The first-order chi connectivity index (χ1) is 14.6. The van der Waals surface area contributed by atoms with Crippen molar-refractivity contribution in [3.8, 4) is 0 Å². The van der Waals surface area contributed by atoms with Gasteiger partial charge in [-0.25, -0.2) is 4.98 Å². The van der Waals surface area contributed by atoms with E-state index in [4.69, 9.17) is 9.72 Å². The topological polar surface area (TPSA) is 61.2 Å². The van der Waals surface area contributed by atoms with E-state index in [1.54, 1.807) is 15.9 Å². The van der Waals surface area contributed by atoms with E-state index in [-0.39, 0.29) is 23.2 Å². The summed E-state index contributed by atoms with van der Waals surface area (Å²) in [6.07, 6.45) is 6.36. The van der Waals surface area contributed by atoms with Gasteiger partial charge in [0.2, 0.25) is 0 Å². The molecule has 0 radical (unpaired) electrons. The lowest BCUT2D eigenvalue weighted by molar-refractivity contribution is 0.0937. The van der Waals surface area contributed by atoms with Crippen LogP contribution < -0.4 is 5.56 Å². The van der Waals surface area contributed by atoms with Gasteiger partial charge in [0, 0.05) is 16.4 Å². The number of carbonyl (C=O) groups is 1. The molecule has 1 aliphatic heterocycles. The van der Waals surface area contributed by atoms with Crippen LogP contribution in [0, 0.1) is 6.92 Å². The summed E-state index contributed by atoms with van der Waals surface area (Å²) in [6.45, 7) is 3.27. The Balaban J connectivity index is 1.51. The fourth-order valence-corrected chi connectivity index (χ4v) is 7.36. The second-order valence-corrected chi connectivity index (χ2v) is 11.3. The van der Waals surface area contributed by atoms with E-state index in [1.165, 1.54) is 40.0 Å². The molecule has 8 heteroatoms. The van der Waals surface area contributed by atoms with Gasteiger partial charge in [0.1, 0.15) is 4.83 Å². The number of rotatable bonds is 6. The van der Waals surface area contributed by atoms with Crippen LogP contribution >= 0.6 is 34.4 Å². The maximum atomic E-state index is 13.6. The Morgan fingerprint density at radius 3 is 2.90 bits per heavy atom. The first-order valence-electron chi connectivity index (χ1n) is 10.5. The highest BCUT2D eigenvalue weighted by atomic mass is 32.2. The van der Waals surface area contributed by atoms with Crippen molar-refractivity contribution in [1.29, 1.82) is 0 Å². The summed E-state index contributed by atoms with van der Waals surface area (Å²) in [5.74, 6) is 0.371. The minimum atomic E-state index is 0.0387. The van der Waals surface area contributed by atoms with Crippen molar-refractivity contribution < 1.29 is 9.53 Å². The van der Waals surface area contributed by atoms with E-state index in [9.17, 15) is 9.59 Å². The zero-order valence-corrected chi connectivity index (χ0v) is 19.4. The minimum absolute atomic E-state index is 0.0387. The number of hydrogen-bond acceptors (Lipinski definition) is 7. The molecule has 158 valence electrons. The van der Waals surface area contributed by atoms with Gasteiger partial charge < -0.3 is 4.74 Å². The molecule has 0 amide bonds. The van der Waals surface area contributed by atoms with Crippen molar-refractivity contribution in [2.24, 2.45) is 0 Å². The minimum Gasteiger partial charge on any atom is -0.376 e. The molecule has 3 aromatic heterocycles. The van der Waals surface area contributed by atoms with E-state index in [0.29, 0.717) is 11.7 Å². The van der Waals surface area contributed by atoms with Crippen LogP contribution in [0.15, 0.2) is 22.1 Å². The number of aryl methyl sites for hydroxylation is 3. The number of thiophene rings is 2. The molecular weight excluding hydrogens is 436 g/mol. The van der Waals surface area contributed by atoms with Gasteiger partial charge in [0.15, 0.2) is 10.9 Å². The van der Waals surface area contributed by atoms with Crippen molar-refractivity contribution in [3.05, 3.63) is 42.7 Å². The second kappa shape index (κ2) is 8.57. The SMILES string of the molecule is Cc1ccc(C(=O)CSc2nc3sc4c(c3c(=O)n2CC2CCCO2)CCCC4)s1. The van der Waals surface area contributed by atoms with Gasteiger partial charge in [0.05, 0.1) is 28.7 Å². The van der Waals surface area contributed by atoms with E-state index < -0.39 is 0 Å². The molecule has 2 aliphatic rings. The smallest absolute Gasteiger partial charge is 0.263 e. The molecule has 0 saturated carbocycles. The first-order valence-corrected chi connectivity index (χ1v) is 13.1. The standard InChI is InChI=1S/C22H24N2O3S3/c1-13-8-9-18(29-13)16(25)12-28-22-23-20-19(15-6-2-3-7-17(15)30-20)21(26)24(22)11-14-5-4-10-27-14/h8-9,14H,2-7,10-12H2,1H3. The second-order valence-electron chi connectivity index (χ2n) is 7.96. The molecule has 1 aliphatic carbocycles. The highest BCUT2D eigenvalue weighted by Crippen LogP contribution is 2.35. The Labute approximate surface area is 187 Å². The first kappa shape index (κ1) is 20.4. The molecular formula is C22H24N2O3S3. The molecule has 1 unspecified atom stereocenters. The van der Waals surface area contributed by atoms with Gasteiger partial charge in [-0.3, -0.25) is 14.2 Å².